The number of nitrogens with one attached hydrogen (secondary N) is 1. The number of amides is 1. The number of carbonyl (C=O) groups is 2. The van der Waals surface area contributed by atoms with Crippen molar-refractivity contribution < 1.29 is 23.8 Å². The Labute approximate surface area is 156 Å². The standard InChI is InChI=1S/C19H22FN3O4/c1-19(11-27-2,10-16(24)25)21-18(26)17-12-6-5-9-14(12)23(22-17)15-8-4-3-7-13(15)20/h3-4,7-8H,5-6,9-11H2,1-2H3,(H,21,26)(H,24,25). The fraction of sp³-hybridized carbons (Fsp3) is 0.421. The summed E-state index contributed by atoms with van der Waals surface area (Å²) in [5.41, 5.74) is 1.02. The van der Waals surface area contributed by atoms with Crippen LogP contribution in [0.5, 0.6) is 0 Å². The summed E-state index contributed by atoms with van der Waals surface area (Å²) < 4.78 is 20.8. The minimum atomic E-state index is -1.08. The molecule has 27 heavy (non-hydrogen) atoms. The molecular formula is C19H22FN3O4. The van der Waals surface area contributed by atoms with Crippen molar-refractivity contribution in [2.45, 2.75) is 38.1 Å². The lowest BCUT2D eigenvalue weighted by Crippen LogP contribution is -2.51. The Morgan fingerprint density at radius 3 is 2.78 bits per heavy atom. The van der Waals surface area contributed by atoms with Gasteiger partial charge in [-0.3, -0.25) is 9.59 Å². The van der Waals surface area contributed by atoms with Crippen molar-refractivity contribution in [3.05, 3.63) is 47.0 Å². The third kappa shape index (κ3) is 3.85. The van der Waals surface area contributed by atoms with E-state index in [2.05, 4.69) is 10.4 Å². The summed E-state index contributed by atoms with van der Waals surface area (Å²) in [5.74, 6) is -1.95. The van der Waals surface area contributed by atoms with E-state index in [4.69, 9.17) is 9.84 Å². The molecule has 0 saturated heterocycles. The molecule has 0 saturated carbocycles. The highest BCUT2D eigenvalue weighted by atomic mass is 19.1. The summed E-state index contributed by atoms with van der Waals surface area (Å²) in [4.78, 5) is 24.0. The van der Waals surface area contributed by atoms with Gasteiger partial charge < -0.3 is 15.2 Å². The zero-order valence-corrected chi connectivity index (χ0v) is 15.3. The Morgan fingerprint density at radius 1 is 1.37 bits per heavy atom. The van der Waals surface area contributed by atoms with Gasteiger partial charge in [0, 0.05) is 18.4 Å². The van der Waals surface area contributed by atoms with Crippen molar-refractivity contribution in [2.75, 3.05) is 13.7 Å². The van der Waals surface area contributed by atoms with E-state index in [9.17, 15) is 14.0 Å². The van der Waals surface area contributed by atoms with Gasteiger partial charge in [0.05, 0.1) is 18.6 Å². The van der Waals surface area contributed by atoms with Gasteiger partial charge in [-0.1, -0.05) is 12.1 Å². The minimum Gasteiger partial charge on any atom is -0.481 e. The van der Waals surface area contributed by atoms with Gasteiger partial charge in [-0.15, -0.1) is 0 Å². The number of ether oxygens (including phenoxy) is 1. The van der Waals surface area contributed by atoms with Crippen LogP contribution in [-0.2, 0) is 22.4 Å². The number of benzene rings is 1. The van der Waals surface area contributed by atoms with Crippen LogP contribution in [-0.4, -0.2) is 46.0 Å². The van der Waals surface area contributed by atoms with Crippen LogP contribution in [0.1, 0.15) is 41.5 Å². The predicted octanol–water partition coefficient (Wildman–Crippen LogP) is 2.11. The van der Waals surface area contributed by atoms with Gasteiger partial charge in [-0.05, 0) is 38.3 Å². The second-order valence-corrected chi connectivity index (χ2v) is 7.01. The number of rotatable bonds is 7. The molecular weight excluding hydrogens is 353 g/mol. The first-order valence-corrected chi connectivity index (χ1v) is 8.73. The third-order valence-electron chi connectivity index (χ3n) is 4.65. The van der Waals surface area contributed by atoms with Crippen molar-refractivity contribution in [3.63, 3.8) is 0 Å². The molecule has 2 N–H and O–H groups in total. The molecule has 1 unspecified atom stereocenters. The van der Waals surface area contributed by atoms with Gasteiger partial charge in [0.1, 0.15) is 11.5 Å². The quantitative estimate of drug-likeness (QED) is 0.773. The average Bonchev–Trinajstić information content (AvgIpc) is 3.16. The zero-order valence-electron chi connectivity index (χ0n) is 15.3. The first-order chi connectivity index (χ1) is 12.8. The number of fused-ring (bicyclic) bond motifs is 1. The number of carbonyl (C=O) groups excluding carboxylic acids is 1. The highest BCUT2D eigenvalue weighted by Crippen LogP contribution is 2.29. The number of nitrogens with zero attached hydrogens (tertiary/aromatic N) is 2. The van der Waals surface area contributed by atoms with E-state index in [1.54, 1.807) is 25.1 Å². The van der Waals surface area contributed by atoms with Crippen LogP contribution in [0.4, 0.5) is 4.39 Å². The molecule has 1 heterocycles. The molecule has 0 fully saturated rings. The molecule has 2 aromatic rings. The second-order valence-electron chi connectivity index (χ2n) is 7.01. The molecule has 7 nitrogen and oxygen atoms in total. The highest BCUT2D eigenvalue weighted by Gasteiger charge is 2.34. The molecule has 0 bridgehead atoms. The van der Waals surface area contributed by atoms with Gasteiger partial charge in [0.25, 0.3) is 5.91 Å². The lowest BCUT2D eigenvalue weighted by atomic mass is 9.98. The van der Waals surface area contributed by atoms with Crippen molar-refractivity contribution in [2.24, 2.45) is 0 Å². The Bertz CT molecular complexity index is 880. The summed E-state index contributed by atoms with van der Waals surface area (Å²) in [6.07, 6.45) is 1.94. The van der Waals surface area contributed by atoms with E-state index in [0.29, 0.717) is 18.5 Å². The zero-order chi connectivity index (χ0) is 19.6. The van der Waals surface area contributed by atoms with Crippen LogP contribution in [0.3, 0.4) is 0 Å². The number of aliphatic carboxylic acids is 1. The fourth-order valence-corrected chi connectivity index (χ4v) is 3.56. The van der Waals surface area contributed by atoms with Gasteiger partial charge in [-0.25, -0.2) is 9.07 Å². The van der Waals surface area contributed by atoms with Gasteiger partial charge in [0.15, 0.2) is 5.69 Å². The molecule has 144 valence electrons. The van der Waals surface area contributed by atoms with E-state index in [1.165, 1.54) is 17.9 Å². The molecule has 0 radical (unpaired) electrons. The van der Waals surface area contributed by atoms with Crippen molar-refractivity contribution in [1.82, 2.24) is 15.1 Å². The summed E-state index contributed by atoms with van der Waals surface area (Å²) in [7, 11) is 1.44. The molecule has 0 spiro atoms. The van der Waals surface area contributed by atoms with Crippen LogP contribution in [0.2, 0.25) is 0 Å². The maximum atomic E-state index is 14.2. The molecule has 1 amide bonds. The van der Waals surface area contributed by atoms with Gasteiger partial charge in [-0.2, -0.15) is 5.10 Å². The first-order valence-electron chi connectivity index (χ1n) is 8.73. The number of halogens is 1. The molecule has 1 aromatic carbocycles. The van der Waals surface area contributed by atoms with E-state index >= 15 is 0 Å². The lowest BCUT2D eigenvalue weighted by molar-refractivity contribution is -0.139. The third-order valence-corrected chi connectivity index (χ3v) is 4.65. The Morgan fingerprint density at radius 2 is 2.11 bits per heavy atom. The van der Waals surface area contributed by atoms with Crippen molar-refractivity contribution in [1.29, 1.82) is 0 Å². The molecule has 1 aliphatic carbocycles. The molecule has 1 aliphatic rings. The summed E-state index contributed by atoms with van der Waals surface area (Å²) >= 11 is 0. The Kier molecular flexibility index (Phi) is 5.27. The number of methoxy groups -OCH3 is 1. The number of hydrogen-bond donors (Lipinski definition) is 2. The second kappa shape index (κ2) is 7.48. The van der Waals surface area contributed by atoms with Crippen LogP contribution in [0.25, 0.3) is 5.69 Å². The van der Waals surface area contributed by atoms with Gasteiger partial charge in [0.2, 0.25) is 0 Å². The SMILES string of the molecule is COCC(C)(CC(=O)O)NC(=O)c1nn(-c2ccccc2F)c2c1CCC2. The van der Waals surface area contributed by atoms with E-state index in [-0.39, 0.29) is 18.7 Å². The van der Waals surface area contributed by atoms with E-state index in [1.807, 2.05) is 0 Å². The van der Waals surface area contributed by atoms with Crippen LogP contribution in [0.15, 0.2) is 24.3 Å². The normalized spacial score (nSPS) is 15.2. The van der Waals surface area contributed by atoms with Crippen LogP contribution in [0, 0.1) is 5.82 Å². The van der Waals surface area contributed by atoms with Crippen molar-refractivity contribution >= 4 is 11.9 Å². The fourth-order valence-electron chi connectivity index (χ4n) is 3.56. The number of para-hydroxylation sites is 1. The van der Waals surface area contributed by atoms with E-state index < -0.39 is 23.2 Å². The lowest BCUT2D eigenvalue weighted by Gasteiger charge is -2.28. The smallest absolute Gasteiger partial charge is 0.305 e. The molecule has 0 aliphatic heterocycles. The van der Waals surface area contributed by atoms with Crippen LogP contribution < -0.4 is 5.32 Å². The summed E-state index contributed by atoms with van der Waals surface area (Å²) in [6, 6.07) is 6.27. The van der Waals surface area contributed by atoms with Gasteiger partial charge >= 0.3 is 5.97 Å². The average molecular weight is 375 g/mol. The predicted molar refractivity (Wildman–Crippen MR) is 95.5 cm³/mol. The Balaban J connectivity index is 1.95. The number of hydrogen-bond acceptors (Lipinski definition) is 4. The summed E-state index contributed by atoms with van der Waals surface area (Å²) in [6.45, 7) is 1.65. The molecule has 1 aromatic heterocycles. The number of carboxylic acid groups (broad SMARTS) is 1. The Hall–Kier alpha value is -2.74. The first kappa shape index (κ1) is 19.0. The summed E-state index contributed by atoms with van der Waals surface area (Å²) in [5, 5.41) is 16.2. The minimum absolute atomic E-state index is 0.0429. The molecule has 3 rings (SSSR count). The monoisotopic (exact) mass is 375 g/mol. The molecule has 8 heteroatoms. The maximum Gasteiger partial charge on any atom is 0.305 e. The number of aromatic nitrogens is 2. The topological polar surface area (TPSA) is 93.4 Å². The van der Waals surface area contributed by atoms with Crippen LogP contribution >= 0.6 is 0 Å². The maximum absolute atomic E-state index is 14.2. The van der Waals surface area contributed by atoms with E-state index in [0.717, 1.165) is 17.7 Å². The van der Waals surface area contributed by atoms with Crippen molar-refractivity contribution in [3.8, 4) is 5.69 Å². The largest absolute Gasteiger partial charge is 0.481 e. The molecule has 1 atom stereocenters. The number of carboxylic acids is 1. The highest BCUT2D eigenvalue weighted by molar-refractivity contribution is 5.95.